The Balaban J connectivity index is 2.56. The van der Waals surface area contributed by atoms with Gasteiger partial charge in [-0.05, 0) is 57.5 Å². The molecule has 0 bridgehead atoms. The Hall–Kier alpha value is 0.860. The number of amides is 3. The van der Waals surface area contributed by atoms with Gasteiger partial charge in [-0.25, -0.2) is 4.79 Å². The minimum absolute atomic E-state index is 0.202. The van der Waals surface area contributed by atoms with Crippen molar-refractivity contribution in [1.82, 2.24) is 9.80 Å². The normalized spacial score (nSPS) is 17.9. The maximum absolute atomic E-state index is 12.4. The van der Waals surface area contributed by atoms with E-state index in [1.165, 1.54) is 4.90 Å². The van der Waals surface area contributed by atoms with Crippen LogP contribution >= 0.6 is 63.7 Å². The molecule has 1 rings (SSSR count). The van der Waals surface area contributed by atoms with E-state index in [2.05, 4.69) is 63.7 Å². The van der Waals surface area contributed by atoms with Crippen LogP contribution in [0.4, 0.5) is 4.79 Å². The molecule has 0 aromatic rings. The van der Waals surface area contributed by atoms with Gasteiger partial charge in [-0.2, -0.15) is 0 Å². The zero-order chi connectivity index (χ0) is 15.9. The number of rotatable bonds is 10. The molecule has 4 nitrogen and oxygen atoms in total. The van der Waals surface area contributed by atoms with E-state index in [0.717, 1.165) is 49.2 Å². The summed E-state index contributed by atoms with van der Waals surface area (Å²) in [7, 11) is 0. The lowest BCUT2D eigenvalue weighted by molar-refractivity contribution is -0.126. The molecular weight excluding hydrogens is 536 g/mol. The molecule has 0 saturated carbocycles. The second kappa shape index (κ2) is 9.88. The lowest BCUT2D eigenvalue weighted by Gasteiger charge is -2.24. The van der Waals surface area contributed by atoms with Crippen molar-refractivity contribution in [2.45, 2.75) is 41.9 Å². The number of hydrogen-bond donors (Lipinski definition) is 0. The molecule has 0 radical (unpaired) electrons. The number of hydrogen-bond acceptors (Lipinski definition) is 2. The topological polar surface area (TPSA) is 40.6 Å². The van der Waals surface area contributed by atoms with Gasteiger partial charge in [0.25, 0.3) is 5.91 Å². The predicted octanol–water partition coefficient (Wildman–Crippen LogP) is 4.82. The van der Waals surface area contributed by atoms with Gasteiger partial charge in [0.05, 0.1) is 0 Å². The van der Waals surface area contributed by atoms with Crippen LogP contribution in [0.15, 0.2) is 0 Å². The van der Waals surface area contributed by atoms with E-state index in [1.807, 2.05) is 0 Å². The second-order valence-electron chi connectivity index (χ2n) is 4.93. The standard InChI is InChI=1S/C13H20Br4N2O2/c14-7-3-1-5-9-18-11(20)13(16,17)19(12(18)21)10-6-2-4-8-15/h1-10H2. The average molecular weight is 556 g/mol. The fourth-order valence-electron chi connectivity index (χ4n) is 2.15. The molecule has 0 atom stereocenters. The molecule has 122 valence electrons. The van der Waals surface area contributed by atoms with Crippen LogP contribution < -0.4 is 0 Å². The van der Waals surface area contributed by atoms with E-state index in [1.54, 1.807) is 4.90 Å². The first-order valence-electron chi connectivity index (χ1n) is 7.10. The van der Waals surface area contributed by atoms with E-state index in [-0.39, 0.29) is 11.9 Å². The molecular formula is C13H20Br4N2O2. The van der Waals surface area contributed by atoms with Gasteiger partial charge in [-0.3, -0.25) is 14.6 Å². The summed E-state index contributed by atoms with van der Waals surface area (Å²) < 4.78 is -1.07. The highest BCUT2D eigenvalue weighted by Crippen LogP contribution is 2.39. The molecule has 0 aliphatic carbocycles. The van der Waals surface area contributed by atoms with Crippen molar-refractivity contribution in [2.75, 3.05) is 23.7 Å². The van der Waals surface area contributed by atoms with Crippen LogP contribution in [0.3, 0.4) is 0 Å². The van der Waals surface area contributed by atoms with Crippen LogP contribution in [0.2, 0.25) is 0 Å². The van der Waals surface area contributed by atoms with Crippen molar-refractivity contribution in [3.8, 4) is 0 Å². The number of carbonyl (C=O) groups is 2. The second-order valence-corrected chi connectivity index (χ2v) is 9.88. The molecule has 3 amide bonds. The highest BCUT2D eigenvalue weighted by molar-refractivity contribution is 9.25. The first-order valence-corrected chi connectivity index (χ1v) is 10.9. The molecule has 0 N–H and O–H groups in total. The maximum Gasteiger partial charge on any atom is 0.329 e. The van der Waals surface area contributed by atoms with Crippen molar-refractivity contribution in [2.24, 2.45) is 0 Å². The van der Waals surface area contributed by atoms with Crippen molar-refractivity contribution in [3.05, 3.63) is 0 Å². The predicted molar refractivity (Wildman–Crippen MR) is 99.7 cm³/mol. The number of unbranched alkanes of at least 4 members (excludes halogenated alkanes) is 4. The van der Waals surface area contributed by atoms with E-state index >= 15 is 0 Å². The molecule has 0 spiro atoms. The molecule has 0 aromatic carbocycles. The van der Waals surface area contributed by atoms with Crippen LogP contribution in [-0.2, 0) is 4.79 Å². The summed E-state index contributed by atoms with van der Waals surface area (Å²) in [5, 5.41) is 1.92. The fourth-order valence-corrected chi connectivity index (χ4v) is 4.03. The number of halogens is 4. The number of carbonyl (C=O) groups excluding carboxylic acids is 2. The van der Waals surface area contributed by atoms with Crippen LogP contribution in [0.25, 0.3) is 0 Å². The Morgan fingerprint density at radius 2 is 1.33 bits per heavy atom. The summed E-state index contributed by atoms with van der Waals surface area (Å²) >= 11 is 13.5. The largest absolute Gasteiger partial charge is 0.329 e. The molecule has 1 fully saturated rings. The molecule has 0 unspecified atom stereocenters. The Kier molecular flexibility index (Phi) is 9.36. The van der Waals surface area contributed by atoms with Crippen LogP contribution in [0.5, 0.6) is 0 Å². The lowest BCUT2D eigenvalue weighted by atomic mass is 10.2. The summed E-state index contributed by atoms with van der Waals surface area (Å²) in [5.74, 6) is -0.216. The third kappa shape index (κ3) is 5.46. The van der Waals surface area contributed by atoms with Gasteiger partial charge in [0.15, 0.2) is 0 Å². The van der Waals surface area contributed by atoms with Crippen LogP contribution in [-0.4, -0.2) is 48.8 Å². The van der Waals surface area contributed by atoms with Gasteiger partial charge in [-0.1, -0.05) is 44.7 Å². The Bertz CT molecular complexity index is 366. The van der Waals surface area contributed by atoms with E-state index in [4.69, 9.17) is 0 Å². The third-order valence-electron chi connectivity index (χ3n) is 3.33. The monoisotopic (exact) mass is 552 g/mol. The van der Waals surface area contributed by atoms with Crippen LogP contribution in [0.1, 0.15) is 38.5 Å². The van der Waals surface area contributed by atoms with E-state index < -0.39 is 3.36 Å². The minimum Gasteiger partial charge on any atom is -0.291 e. The Labute approximate surface area is 159 Å². The minimum atomic E-state index is -1.07. The number of urea groups is 1. The smallest absolute Gasteiger partial charge is 0.291 e. The van der Waals surface area contributed by atoms with Gasteiger partial charge >= 0.3 is 6.03 Å². The number of alkyl halides is 4. The first kappa shape index (κ1) is 19.9. The Morgan fingerprint density at radius 1 is 0.810 bits per heavy atom. The van der Waals surface area contributed by atoms with Crippen molar-refractivity contribution >= 4 is 75.7 Å². The summed E-state index contributed by atoms with van der Waals surface area (Å²) in [6, 6.07) is -0.202. The number of nitrogens with zero attached hydrogens (tertiary/aromatic N) is 2. The fraction of sp³-hybridized carbons (Fsp3) is 0.846. The molecule has 8 heteroatoms. The highest BCUT2D eigenvalue weighted by atomic mass is 79.9. The van der Waals surface area contributed by atoms with Gasteiger partial charge in [0, 0.05) is 23.7 Å². The molecule has 1 aliphatic heterocycles. The summed E-state index contributed by atoms with van der Waals surface area (Å²) in [4.78, 5) is 27.7. The molecule has 1 aliphatic rings. The van der Waals surface area contributed by atoms with E-state index in [9.17, 15) is 9.59 Å². The van der Waals surface area contributed by atoms with Crippen LogP contribution in [0, 0.1) is 0 Å². The zero-order valence-electron chi connectivity index (χ0n) is 11.8. The average Bonchev–Trinajstić information content (AvgIpc) is 2.60. The van der Waals surface area contributed by atoms with Crippen molar-refractivity contribution in [1.29, 1.82) is 0 Å². The quantitative estimate of drug-likeness (QED) is 0.168. The Morgan fingerprint density at radius 3 is 1.86 bits per heavy atom. The first-order chi connectivity index (χ1) is 9.96. The SMILES string of the molecule is O=C1N(CCCCCBr)C(=O)C(Br)(Br)N1CCCCCBr. The molecule has 1 heterocycles. The lowest BCUT2D eigenvalue weighted by Crippen LogP contribution is -2.39. The van der Waals surface area contributed by atoms with Crippen molar-refractivity contribution < 1.29 is 9.59 Å². The van der Waals surface area contributed by atoms with Crippen molar-refractivity contribution in [3.63, 3.8) is 0 Å². The van der Waals surface area contributed by atoms with E-state index in [0.29, 0.717) is 13.1 Å². The number of imide groups is 1. The van der Waals surface area contributed by atoms with Gasteiger partial charge in [0.2, 0.25) is 3.36 Å². The highest BCUT2D eigenvalue weighted by Gasteiger charge is 2.53. The zero-order valence-corrected chi connectivity index (χ0v) is 18.1. The molecule has 21 heavy (non-hydrogen) atoms. The van der Waals surface area contributed by atoms with Gasteiger partial charge in [-0.15, -0.1) is 0 Å². The van der Waals surface area contributed by atoms with Gasteiger partial charge in [0.1, 0.15) is 0 Å². The molecule has 0 aromatic heterocycles. The summed E-state index contributed by atoms with van der Waals surface area (Å²) in [6.07, 6.45) is 5.90. The summed E-state index contributed by atoms with van der Waals surface area (Å²) in [6.45, 7) is 1.06. The maximum atomic E-state index is 12.4. The molecule has 1 saturated heterocycles. The van der Waals surface area contributed by atoms with Gasteiger partial charge < -0.3 is 0 Å². The third-order valence-corrected chi connectivity index (χ3v) is 5.99. The summed E-state index contributed by atoms with van der Waals surface area (Å²) in [5.41, 5.74) is 0.